The smallest absolute Gasteiger partial charge is 0.163 e. The average molecular weight is 451 g/mol. The molecule has 0 bridgehead atoms. The zero-order valence-electron chi connectivity index (χ0n) is 18.2. The normalized spacial score (nSPS) is 14.0. The molecule has 4 nitrogen and oxygen atoms in total. The summed E-state index contributed by atoms with van der Waals surface area (Å²) in [5, 5.41) is 6.13. The maximum Gasteiger partial charge on any atom is 0.163 e. The van der Waals surface area contributed by atoms with Gasteiger partial charge in [0.15, 0.2) is 5.65 Å². The highest BCUT2D eigenvalue weighted by atomic mass is 35.5. The fourth-order valence-corrected chi connectivity index (χ4v) is 4.96. The Balaban J connectivity index is 1.60. The second-order valence-corrected chi connectivity index (χ2v) is 8.75. The molecular weight excluding hydrogens is 428 g/mol. The first kappa shape index (κ1) is 20.1. The molecule has 162 valence electrons. The molecule has 33 heavy (non-hydrogen) atoms. The summed E-state index contributed by atoms with van der Waals surface area (Å²) in [5.74, 6) is 0.335. The molecule has 0 radical (unpaired) electrons. The standard InChI is InChI=1S/C28H23ClN4/c29-17-25-23(21-13-14-24-22(16-21)12-7-15-30-24)18-33-28(31-25)26(19-8-3-1-4-9-19)27(32-33)20-10-5-2-6-11-20/h2,5-8,10-16,18H,1,3-4,9,17H2. The SMILES string of the molecule is ClCc1nc2c(C3=CCCCC3)c(-c3ccccc3)nn2cc1-c1ccc2ncccc2c1. The van der Waals surface area contributed by atoms with Crippen LogP contribution in [-0.2, 0) is 5.88 Å². The lowest BCUT2D eigenvalue weighted by molar-refractivity contribution is 0.742. The van der Waals surface area contributed by atoms with Crippen LogP contribution in [0.5, 0.6) is 0 Å². The van der Waals surface area contributed by atoms with Crippen molar-refractivity contribution < 1.29 is 0 Å². The topological polar surface area (TPSA) is 43.1 Å². The quantitative estimate of drug-likeness (QED) is 0.269. The number of hydrogen-bond acceptors (Lipinski definition) is 3. The van der Waals surface area contributed by atoms with Crippen LogP contribution in [0.2, 0.25) is 0 Å². The maximum atomic E-state index is 6.44. The molecule has 0 atom stereocenters. The van der Waals surface area contributed by atoms with Crippen molar-refractivity contribution in [2.45, 2.75) is 31.6 Å². The van der Waals surface area contributed by atoms with E-state index in [0.717, 1.165) is 63.0 Å². The molecule has 3 aromatic heterocycles. The van der Waals surface area contributed by atoms with E-state index < -0.39 is 0 Å². The summed E-state index contributed by atoms with van der Waals surface area (Å²) in [4.78, 5) is 9.53. The second-order valence-electron chi connectivity index (χ2n) is 8.48. The number of halogens is 1. The molecule has 5 aromatic rings. The molecule has 0 amide bonds. The van der Waals surface area contributed by atoms with Gasteiger partial charge in [0.05, 0.1) is 22.7 Å². The third kappa shape index (κ3) is 3.61. The highest BCUT2D eigenvalue weighted by molar-refractivity contribution is 6.17. The van der Waals surface area contributed by atoms with Gasteiger partial charge >= 0.3 is 0 Å². The zero-order chi connectivity index (χ0) is 22.2. The van der Waals surface area contributed by atoms with Crippen molar-refractivity contribution in [1.29, 1.82) is 0 Å². The monoisotopic (exact) mass is 450 g/mol. The van der Waals surface area contributed by atoms with Crippen LogP contribution in [0.4, 0.5) is 0 Å². The lowest BCUT2D eigenvalue weighted by Gasteiger charge is -2.14. The van der Waals surface area contributed by atoms with E-state index in [0.29, 0.717) is 5.88 Å². The number of aromatic nitrogens is 4. The number of pyridine rings is 1. The van der Waals surface area contributed by atoms with Gasteiger partial charge in [-0.15, -0.1) is 11.6 Å². The lowest BCUT2D eigenvalue weighted by Crippen LogP contribution is -2.00. The number of allylic oxidation sites excluding steroid dienone is 2. The largest absolute Gasteiger partial charge is 0.256 e. The van der Waals surface area contributed by atoms with Crippen LogP contribution in [0.25, 0.3) is 44.5 Å². The number of fused-ring (bicyclic) bond motifs is 2. The Morgan fingerprint density at radius 2 is 1.85 bits per heavy atom. The number of benzene rings is 2. The first-order valence-corrected chi connectivity index (χ1v) is 11.9. The van der Waals surface area contributed by atoms with Crippen LogP contribution in [0.15, 0.2) is 79.1 Å². The molecule has 0 unspecified atom stereocenters. The molecule has 0 saturated heterocycles. The Labute approximate surface area is 197 Å². The summed E-state index contributed by atoms with van der Waals surface area (Å²) in [6.45, 7) is 0. The molecule has 0 aliphatic heterocycles. The molecule has 6 rings (SSSR count). The fourth-order valence-electron chi connectivity index (χ4n) is 4.75. The van der Waals surface area contributed by atoms with Crippen LogP contribution < -0.4 is 0 Å². The molecule has 2 aromatic carbocycles. The van der Waals surface area contributed by atoms with Gasteiger partial charge in [0.1, 0.15) is 5.69 Å². The van der Waals surface area contributed by atoms with Gasteiger partial charge in [-0.3, -0.25) is 4.98 Å². The second kappa shape index (κ2) is 8.45. The van der Waals surface area contributed by atoms with Crippen molar-refractivity contribution in [2.75, 3.05) is 0 Å². The zero-order valence-corrected chi connectivity index (χ0v) is 19.0. The number of hydrogen-bond donors (Lipinski definition) is 0. The van der Waals surface area contributed by atoms with Gasteiger partial charge in [0.2, 0.25) is 0 Å². The minimum atomic E-state index is 0.335. The number of nitrogens with zero attached hydrogens (tertiary/aromatic N) is 4. The van der Waals surface area contributed by atoms with E-state index in [4.69, 9.17) is 21.7 Å². The molecule has 1 aliphatic carbocycles. The van der Waals surface area contributed by atoms with Crippen molar-refractivity contribution in [2.24, 2.45) is 0 Å². The van der Waals surface area contributed by atoms with E-state index in [1.807, 2.05) is 28.9 Å². The van der Waals surface area contributed by atoms with E-state index in [1.54, 1.807) is 0 Å². The van der Waals surface area contributed by atoms with Crippen molar-refractivity contribution >= 4 is 33.7 Å². The van der Waals surface area contributed by atoms with Crippen LogP contribution in [0.1, 0.15) is 36.9 Å². The molecule has 0 N–H and O–H groups in total. The first-order chi connectivity index (χ1) is 16.3. The Morgan fingerprint density at radius 1 is 0.939 bits per heavy atom. The summed E-state index contributed by atoms with van der Waals surface area (Å²) >= 11 is 6.44. The van der Waals surface area contributed by atoms with Gasteiger partial charge < -0.3 is 0 Å². The molecule has 0 fully saturated rings. The molecule has 5 heteroatoms. The molecule has 1 aliphatic rings. The van der Waals surface area contributed by atoms with E-state index in [9.17, 15) is 0 Å². The minimum absolute atomic E-state index is 0.335. The summed E-state index contributed by atoms with van der Waals surface area (Å²) in [5.41, 5.74) is 9.35. The highest BCUT2D eigenvalue weighted by Crippen LogP contribution is 2.37. The van der Waals surface area contributed by atoms with Crippen LogP contribution in [-0.4, -0.2) is 19.6 Å². The third-order valence-electron chi connectivity index (χ3n) is 6.39. The summed E-state index contributed by atoms with van der Waals surface area (Å²) in [6.07, 6.45) is 10.9. The number of rotatable bonds is 4. The highest BCUT2D eigenvalue weighted by Gasteiger charge is 2.22. The van der Waals surface area contributed by atoms with Crippen LogP contribution >= 0.6 is 11.6 Å². The van der Waals surface area contributed by atoms with Gasteiger partial charge in [0.25, 0.3) is 0 Å². The molecular formula is C28H23ClN4. The molecule has 0 spiro atoms. The lowest BCUT2D eigenvalue weighted by atomic mass is 9.92. The maximum absolute atomic E-state index is 6.44. The van der Waals surface area contributed by atoms with Gasteiger partial charge in [0, 0.05) is 28.9 Å². The number of alkyl halides is 1. The Morgan fingerprint density at radius 3 is 2.67 bits per heavy atom. The van der Waals surface area contributed by atoms with Gasteiger partial charge in [-0.05, 0) is 55.0 Å². The molecule has 3 heterocycles. The predicted octanol–water partition coefficient (Wildman–Crippen LogP) is 7.31. The van der Waals surface area contributed by atoms with Gasteiger partial charge in [-0.25, -0.2) is 9.50 Å². The average Bonchev–Trinajstić information content (AvgIpc) is 3.27. The summed E-state index contributed by atoms with van der Waals surface area (Å²) in [7, 11) is 0. The summed E-state index contributed by atoms with van der Waals surface area (Å²) in [6, 6.07) is 20.7. The van der Waals surface area contributed by atoms with Crippen LogP contribution in [0, 0.1) is 0 Å². The van der Waals surface area contributed by atoms with E-state index in [2.05, 4.69) is 59.7 Å². The predicted molar refractivity (Wildman–Crippen MR) is 135 cm³/mol. The first-order valence-electron chi connectivity index (χ1n) is 11.4. The van der Waals surface area contributed by atoms with Crippen LogP contribution in [0.3, 0.4) is 0 Å². The Bertz CT molecular complexity index is 1500. The van der Waals surface area contributed by atoms with E-state index in [1.165, 1.54) is 18.4 Å². The fraction of sp³-hybridized carbons (Fsp3) is 0.179. The van der Waals surface area contributed by atoms with E-state index >= 15 is 0 Å². The van der Waals surface area contributed by atoms with Crippen molar-refractivity contribution in [3.05, 3.63) is 90.4 Å². The van der Waals surface area contributed by atoms with E-state index in [-0.39, 0.29) is 0 Å². The third-order valence-corrected chi connectivity index (χ3v) is 6.64. The Kier molecular flexibility index (Phi) is 5.16. The van der Waals surface area contributed by atoms with Crippen molar-refractivity contribution in [3.63, 3.8) is 0 Å². The molecule has 0 saturated carbocycles. The van der Waals surface area contributed by atoms with Gasteiger partial charge in [-0.2, -0.15) is 5.10 Å². The van der Waals surface area contributed by atoms with Crippen molar-refractivity contribution in [1.82, 2.24) is 19.6 Å². The minimum Gasteiger partial charge on any atom is -0.256 e. The summed E-state index contributed by atoms with van der Waals surface area (Å²) < 4.78 is 1.94. The Hall–Kier alpha value is -3.50. The van der Waals surface area contributed by atoms with Gasteiger partial charge in [-0.1, -0.05) is 48.5 Å². The van der Waals surface area contributed by atoms with Crippen molar-refractivity contribution in [3.8, 4) is 22.4 Å².